The number of halogens is 1. The van der Waals surface area contributed by atoms with E-state index in [0.29, 0.717) is 16.6 Å². The Morgan fingerprint density at radius 2 is 2.27 bits per heavy atom. The lowest BCUT2D eigenvalue weighted by molar-refractivity contribution is 0.414. The summed E-state index contributed by atoms with van der Waals surface area (Å²) in [5.41, 5.74) is 6.21. The van der Waals surface area contributed by atoms with Crippen molar-refractivity contribution in [2.24, 2.45) is 0 Å². The molecule has 2 aromatic rings. The zero-order valence-corrected chi connectivity index (χ0v) is 8.77. The van der Waals surface area contributed by atoms with E-state index in [1.807, 2.05) is 0 Å². The van der Waals surface area contributed by atoms with Gasteiger partial charge in [-0.05, 0) is 12.1 Å². The quantitative estimate of drug-likeness (QED) is 0.840. The Labute approximate surface area is 91.4 Å². The maximum atomic E-state index is 5.89. The van der Waals surface area contributed by atoms with Gasteiger partial charge in [0, 0.05) is 6.07 Å². The third-order valence-electron chi connectivity index (χ3n) is 1.88. The van der Waals surface area contributed by atoms with E-state index in [1.54, 1.807) is 25.3 Å². The van der Waals surface area contributed by atoms with Gasteiger partial charge in [0.2, 0.25) is 0 Å². The number of aromatic nitrogens is 3. The molecule has 0 aliphatic rings. The van der Waals surface area contributed by atoms with E-state index in [1.165, 1.54) is 11.0 Å². The van der Waals surface area contributed by atoms with Gasteiger partial charge in [-0.2, -0.15) is 5.10 Å². The summed E-state index contributed by atoms with van der Waals surface area (Å²) in [4.78, 5) is 1.41. The second-order valence-corrected chi connectivity index (χ2v) is 3.28. The highest BCUT2D eigenvalue weighted by Gasteiger charge is 2.05. The van der Waals surface area contributed by atoms with Crippen LogP contribution in [0.2, 0.25) is 5.02 Å². The summed E-state index contributed by atoms with van der Waals surface area (Å²) in [5.74, 6) is 0.939. The number of anilines is 1. The molecule has 0 bridgehead atoms. The normalized spacial score (nSPS) is 10.3. The Morgan fingerprint density at radius 3 is 2.87 bits per heavy atom. The summed E-state index contributed by atoms with van der Waals surface area (Å²) < 4.78 is 5.08. The first-order valence-corrected chi connectivity index (χ1v) is 4.60. The van der Waals surface area contributed by atoms with Crippen LogP contribution in [0.5, 0.6) is 5.75 Å². The number of benzene rings is 1. The average Bonchev–Trinajstić information content (AvgIpc) is 2.66. The van der Waals surface area contributed by atoms with E-state index in [-0.39, 0.29) is 0 Å². The second kappa shape index (κ2) is 3.78. The van der Waals surface area contributed by atoms with Crippen molar-refractivity contribution >= 4 is 17.4 Å². The minimum Gasteiger partial charge on any atom is -0.495 e. The predicted octanol–water partition coefficient (Wildman–Crippen LogP) is 1.51. The zero-order chi connectivity index (χ0) is 10.8. The molecule has 15 heavy (non-hydrogen) atoms. The van der Waals surface area contributed by atoms with Crippen molar-refractivity contribution in [3.63, 3.8) is 0 Å². The highest BCUT2D eigenvalue weighted by atomic mass is 35.5. The van der Waals surface area contributed by atoms with E-state index in [2.05, 4.69) is 10.2 Å². The Morgan fingerprint density at radius 1 is 1.47 bits per heavy atom. The summed E-state index contributed by atoms with van der Waals surface area (Å²) in [5, 5.41) is 8.49. The van der Waals surface area contributed by atoms with Gasteiger partial charge in [-0.25, -0.2) is 0 Å². The molecule has 0 saturated heterocycles. The Hall–Kier alpha value is -1.75. The summed E-state index contributed by atoms with van der Waals surface area (Å²) in [6, 6.07) is 5.24. The summed E-state index contributed by atoms with van der Waals surface area (Å²) in [6.45, 7) is 0. The Bertz CT molecular complexity index is 483. The minimum absolute atomic E-state index is 0.365. The van der Waals surface area contributed by atoms with Crippen LogP contribution in [-0.4, -0.2) is 22.1 Å². The van der Waals surface area contributed by atoms with Crippen LogP contribution in [0.3, 0.4) is 0 Å². The molecular weight excluding hydrogens is 216 g/mol. The maximum absolute atomic E-state index is 5.89. The molecule has 0 unspecified atom stereocenters. The largest absolute Gasteiger partial charge is 0.495 e. The highest BCUT2D eigenvalue weighted by molar-refractivity contribution is 6.32. The summed E-state index contributed by atoms with van der Waals surface area (Å²) >= 11 is 5.89. The lowest BCUT2D eigenvalue weighted by Gasteiger charge is -2.05. The van der Waals surface area contributed by atoms with Crippen molar-refractivity contribution < 1.29 is 4.74 Å². The van der Waals surface area contributed by atoms with E-state index in [0.717, 1.165) is 5.69 Å². The summed E-state index contributed by atoms with van der Waals surface area (Å²) in [7, 11) is 1.55. The van der Waals surface area contributed by atoms with Crippen LogP contribution in [0.4, 0.5) is 5.82 Å². The number of ether oxygens (including phenoxy) is 1. The van der Waals surface area contributed by atoms with Gasteiger partial charge < -0.3 is 10.5 Å². The van der Waals surface area contributed by atoms with E-state index < -0.39 is 0 Å². The number of hydrogen-bond donors (Lipinski definition) is 1. The van der Waals surface area contributed by atoms with Crippen LogP contribution >= 0.6 is 11.6 Å². The molecule has 5 nitrogen and oxygen atoms in total. The first kappa shape index (κ1) is 9.79. The van der Waals surface area contributed by atoms with E-state index in [4.69, 9.17) is 22.1 Å². The van der Waals surface area contributed by atoms with Crippen molar-refractivity contribution in [3.8, 4) is 11.4 Å². The average molecular weight is 225 g/mol. The number of nitrogens with zero attached hydrogens (tertiary/aromatic N) is 3. The van der Waals surface area contributed by atoms with Crippen LogP contribution in [0.1, 0.15) is 0 Å². The van der Waals surface area contributed by atoms with Gasteiger partial charge in [0.1, 0.15) is 5.75 Å². The second-order valence-electron chi connectivity index (χ2n) is 2.88. The first-order chi connectivity index (χ1) is 7.20. The van der Waals surface area contributed by atoms with Gasteiger partial charge in [-0.3, -0.25) is 0 Å². The molecule has 2 N–H and O–H groups in total. The molecule has 2 rings (SSSR count). The molecule has 1 aromatic carbocycles. The van der Waals surface area contributed by atoms with E-state index >= 15 is 0 Å². The Kier molecular flexibility index (Phi) is 2.47. The van der Waals surface area contributed by atoms with Crippen molar-refractivity contribution in [2.45, 2.75) is 0 Å². The fraction of sp³-hybridized carbons (Fsp3) is 0.111. The molecule has 0 atom stereocenters. The fourth-order valence-electron chi connectivity index (χ4n) is 1.17. The van der Waals surface area contributed by atoms with E-state index in [9.17, 15) is 0 Å². The SMILES string of the molecule is COc1cc(-n2ncc(N)n2)ccc1Cl. The topological polar surface area (TPSA) is 66.0 Å². The fourth-order valence-corrected chi connectivity index (χ4v) is 1.37. The monoisotopic (exact) mass is 224 g/mol. The molecule has 0 aliphatic carbocycles. The zero-order valence-electron chi connectivity index (χ0n) is 8.01. The smallest absolute Gasteiger partial charge is 0.166 e. The number of rotatable bonds is 2. The predicted molar refractivity (Wildman–Crippen MR) is 57.3 cm³/mol. The molecule has 78 valence electrons. The third kappa shape index (κ3) is 1.87. The molecule has 0 amide bonds. The van der Waals surface area contributed by atoms with Gasteiger partial charge in [0.05, 0.1) is 24.0 Å². The van der Waals surface area contributed by atoms with Crippen LogP contribution in [0.15, 0.2) is 24.4 Å². The molecule has 1 heterocycles. The molecule has 0 saturated carbocycles. The molecule has 0 radical (unpaired) electrons. The number of nitrogens with two attached hydrogens (primary N) is 1. The lowest BCUT2D eigenvalue weighted by Crippen LogP contribution is -1.99. The van der Waals surface area contributed by atoms with Gasteiger partial charge in [0.15, 0.2) is 5.82 Å². The van der Waals surface area contributed by atoms with Crippen molar-refractivity contribution in [2.75, 3.05) is 12.8 Å². The molecule has 1 aromatic heterocycles. The number of hydrogen-bond acceptors (Lipinski definition) is 4. The van der Waals surface area contributed by atoms with Crippen molar-refractivity contribution in [3.05, 3.63) is 29.4 Å². The maximum Gasteiger partial charge on any atom is 0.166 e. The van der Waals surface area contributed by atoms with Gasteiger partial charge in [-0.1, -0.05) is 11.6 Å². The van der Waals surface area contributed by atoms with Crippen LogP contribution in [-0.2, 0) is 0 Å². The molecular formula is C9H9ClN4O. The van der Waals surface area contributed by atoms with Crippen LogP contribution < -0.4 is 10.5 Å². The van der Waals surface area contributed by atoms with Gasteiger partial charge >= 0.3 is 0 Å². The summed E-state index contributed by atoms with van der Waals surface area (Å²) in [6.07, 6.45) is 1.47. The standard InChI is InChI=1S/C9H9ClN4O/c1-15-8-4-6(2-3-7(8)10)14-12-5-9(11)13-14/h2-5H,1H3,(H2,11,13). The van der Waals surface area contributed by atoms with Gasteiger partial charge in [0.25, 0.3) is 0 Å². The van der Waals surface area contributed by atoms with Gasteiger partial charge in [-0.15, -0.1) is 9.90 Å². The number of methoxy groups -OCH3 is 1. The third-order valence-corrected chi connectivity index (χ3v) is 2.19. The van der Waals surface area contributed by atoms with Crippen molar-refractivity contribution in [1.29, 1.82) is 0 Å². The first-order valence-electron chi connectivity index (χ1n) is 4.22. The van der Waals surface area contributed by atoms with Crippen LogP contribution in [0.25, 0.3) is 5.69 Å². The molecule has 0 aliphatic heterocycles. The molecule has 0 spiro atoms. The molecule has 0 fully saturated rings. The van der Waals surface area contributed by atoms with Crippen molar-refractivity contribution in [1.82, 2.24) is 15.0 Å². The molecule has 6 heteroatoms. The van der Waals surface area contributed by atoms with Crippen LogP contribution in [0, 0.1) is 0 Å². The Balaban J connectivity index is 2.45. The number of nitrogen functional groups attached to an aromatic ring is 1. The minimum atomic E-state index is 0.365. The highest BCUT2D eigenvalue weighted by Crippen LogP contribution is 2.26. The lowest BCUT2D eigenvalue weighted by atomic mass is 10.3.